The Labute approximate surface area is 150 Å². The number of ether oxygens (including phenoxy) is 1. The van der Waals surface area contributed by atoms with Gasteiger partial charge in [-0.1, -0.05) is 61.2 Å². The second-order valence-electron chi connectivity index (χ2n) is 5.24. The van der Waals surface area contributed by atoms with Crippen molar-refractivity contribution in [1.82, 2.24) is 4.57 Å². The van der Waals surface area contributed by atoms with Gasteiger partial charge in [0.2, 0.25) is 0 Å². The molecule has 2 aromatic rings. The quantitative estimate of drug-likeness (QED) is 0.636. The van der Waals surface area contributed by atoms with Crippen LogP contribution in [0.1, 0.15) is 12.5 Å². The Morgan fingerprint density at radius 3 is 2.71 bits per heavy atom. The van der Waals surface area contributed by atoms with Crippen LogP contribution in [0.15, 0.2) is 88.3 Å². The van der Waals surface area contributed by atoms with Crippen molar-refractivity contribution >= 4 is 15.9 Å². The molecular formula is C20H20BrNO2. The van der Waals surface area contributed by atoms with E-state index in [0.29, 0.717) is 23.4 Å². The summed E-state index contributed by atoms with van der Waals surface area (Å²) in [5.41, 5.74) is 1.76. The lowest BCUT2D eigenvalue weighted by Gasteiger charge is -2.11. The lowest BCUT2D eigenvalue weighted by Crippen LogP contribution is -2.21. The lowest BCUT2D eigenvalue weighted by molar-refractivity contribution is 0.302. The third-order valence-electron chi connectivity index (χ3n) is 3.32. The van der Waals surface area contributed by atoms with E-state index >= 15 is 0 Å². The van der Waals surface area contributed by atoms with Crippen molar-refractivity contribution in [3.05, 3.63) is 99.4 Å². The summed E-state index contributed by atoms with van der Waals surface area (Å²) >= 11 is 3.34. The molecule has 0 spiro atoms. The zero-order valence-electron chi connectivity index (χ0n) is 13.6. The molecule has 24 heavy (non-hydrogen) atoms. The molecule has 0 amide bonds. The molecule has 0 atom stereocenters. The van der Waals surface area contributed by atoms with Gasteiger partial charge in [-0.05, 0) is 40.1 Å². The molecule has 1 aromatic heterocycles. The predicted molar refractivity (Wildman–Crippen MR) is 102 cm³/mol. The first-order valence-electron chi connectivity index (χ1n) is 7.64. The van der Waals surface area contributed by atoms with Crippen LogP contribution in [-0.2, 0) is 13.2 Å². The summed E-state index contributed by atoms with van der Waals surface area (Å²) in [7, 11) is 0. The van der Waals surface area contributed by atoms with E-state index in [2.05, 4.69) is 22.5 Å². The second kappa shape index (κ2) is 9.08. The van der Waals surface area contributed by atoms with Crippen molar-refractivity contribution in [3.63, 3.8) is 0 Å². The normalized spacial score (nSPS) is 11.2. The first kappa shape index (κ1) is 18.0. The molecule has 0 N–H and O–H groups in total. The van der Waals surface area contributed by atoms with Crippen LogP contribution in [0.2, 0.25) is 0 Å². The number of pyridine rings is 1. The van der Waals surface area contributed by atoms with Crippen molar-refractivity contribution in [2.24, 2.45) is 0 Å². The molecule has 0 aliphatic rings. The zero-order chi connectivity index (χ0) is 17.4. The molecule has 0 bridgehead atoms. The van der Waals surface area contributed by atoms with Gasteiger partial charge in [-0.25, -0.2) is 0 Å². The number of aromatic nitrogens is 1. The average molecular weight is 386 g/mol. The summed E-state index contributed by atoms with van der Waals surface area (Å²) in [6, 6.07) is 11.6. The van der Waals surface area contributed by atoms with Crippen LogP contribution in [0, 0.1) is 0 Å². The second-order valence-corrected chi connectivity index (χ2v) is 6.04. The maximum atomic E-state index is 12.4. The van der Waals surface area contributed by atoms with E-state index in [0.717, 1.165) is 11.1 Å². The molecule has 1 heterocycles. The lowest BCUT2D eigenvalue weighted by atomic mass is 10.2. The number of halogens is 1. The summed E-state index contributed by atoms with van der Waals surface area (Å²) in [5.74, 6) is 0.537. The number of benzene rings is 1. The van der Waals surface area contributed by atoms with E-state index in [1.54, 1.807) is 16.8 Å². The molecule has 0 saturated carbocycles. The maximum Gasteiger partial charge on any atom is 0.268 e. The van der Waals surface area contributed by atoms with E-state index in [1.165, 1.54) is 0 Å². The van der Waals surface area contributed by atoms with E-state index in [-0.39, 0.29) is 5.56 Å². The molecule has 2 rings (SSSR count). The van der Waals surface area contributed by atoms with E-state index in [1.807, 2.05) is 61.6 Å². The molecule has 0 fully saturated rings. The van der Waals surface area contributed by atoms with Crippen LogP contribution in [0.5, 0.6) is 5.75 Å². The minimum Gasteiger partial charge on any atom is -0.487 e. The largest absolute Gasteiger partial charge is 0.487 e. The van der Waals surface area contributed by atoms with E-state index in [9.17, 15) is 4.79 Å². The Morgan fingerprint density at radius 2 is 2.00 bits per heavy atom. The smallest absolute Gasteiger partial charge is 0.268 e. The average Bonchev–Trinajstić information content (AvgIpc) is 2.59. The number of nitrogens with zero attached hydrogens (tertiary/aromatic N) is 1. The highest BCUT2D eigenvalue weighted by Crippen LogP contribution is 2.21. The van der Waals surface area contributed by atoms with E-state index < -0.39 is 0 Å². The molecule has 0 unspecified atom stereocenters. The minimum atomic E-state index is -0.138. The molecule has 4 heteroatoms. The van der Waals surface area contributed by atoms with Gasteiger partial charge in [0.1, 0.15) is 16.8 Å². The van der Waals surface area contributed by atoms with Crippen molar-refractivity contribution in [2.75, 3.05) is 0 Å². The summed E-state index contributed by atoms with van der Waals surface area (Å²) in [5, 5.41) is 0. The van der Waals surface area contributed by atoms with Gasteiger partial charge in [-0.3, -0.25) is 4.79 Å². The van der Waals surface area contributed by atoms with Gasteiger partial charge >= 0.3 is 0 Å². The fourth-order valence-corrected chi connectivity index (χ4v) is 2.55. The number of allylic oxidation sites excluding steroid dienone is 5. The van der Waals surface area contributed by atoms with Gasteiger partial charge in [-0.15, -0.1) is 0 Å². The summed E-state index contributed by atoms with van der Waals surface area (Å²) < 4.78 is 7.76. The standard InChI is InChI=1S/C20H20BrNO2/c1-3-4-6-9-16(2)14-22-13-12-18(19(21)20(22)23)24-15-17-10-7-5-8-11-17/h3-13H,2,14-15H2,1H3/b4-3-,9-6-. The SMILES string of the molecule is C=C(/C=C\C=C/C)Cn1ccc(OCc2ccccc2)c(Br)c1=O. The molecule has 0 saturated heterocycles. The van der Waals surface area contributed by atoms with Crippen molar-refractivity contribution < 1.29 is 4.74 Å². The Morgan fingerprint density at radius 1 is 1.25 bits per heavy atom. The Balaban J connectivity index is 2.08. The zero-order valence-corrected chi connectivity index (χ0v) is 15.2. The molecular weight excluding hydrogens is 366 g/mol. The highest BCUT2D eigenvalue weighted by atomic mass is 79.9. The molecule has 3 nitrogen and oxygen atoms in total. The van der Waals surface area contributed by atoms with Crippen LogP contribution in [0.4, 0.5) is 0 Å². The van der Waals surface area contributed by atoms with Crippen molar-refractivity contribution in [1.29, 1.82) is 0 Å². The number of hydrogen-bond acceptors (Lipinski definition) is 2. The van der Waals surface area contributed by atoms with Gasteiger partial charge in [0.05, 0.1) is 6.54 Å². The van der Waals surface area contributed by atoms with Crippen LogP contribution in [0.3, 0.4) is 0 Å². The topological polar surface area (TPSA) is 31.2 Å². The van der Waals surface area contributed by atoms with Crippen molar-refractivity contribution in [2.45, 2.75) is 20.1 Å². The van der Waals surface area contributed by atoms with Gasteiger partial charge in [-0.2, -0.15) is 0 Å². The highest BCUT2D eigenvalue weighted by Gasteiger charge is 2.09. The molecule has 124 valence electrons. The fourth-order valence-electron chi connectivity index (χ4n) is 2.08. The molecule has 1 aromatic carbocycles. The Kier molecular flexibility index (Phi) is 6.82. The van der Waals surface area contributed by atoms with Crippen molar-refractivity contribution in [3.8, 4) is 5.75 Å². The van der Waals surface area contributed by atoms with Crippen LogP contribution < -0.4 is 10.3 Å². The summed E-state index contributed by atoms with van der Waals surface area (Å²) in [6.45, 7) is 6.76. The fraction of sp³-hybridized carbons (Fsp3) is 0.150. The number of rotatable bonds is 7. The first-order chi connectivity index (χ1) is 11.6. The molecule has 0 radical (unpaired) electrons. The van der Waals surface area contributed by atoms with Crippen LogP contribution in [0.25, 0.3) is 0 Å². The predicted octanol–water partition coefficient (Wildman–Crippen LogP) is 4.88. The maximum absolute atomic E-state index is 12.4. The molecule has 0 aliphatic heterocycles. The minimum absolute atomic E-state index is 0.138. The monoisotopic (exact) mass is 385 g/mol. The number of hydrogen-bond donors (Lipinski definition) is 0. The highest BCUT2D eigenvalue weighted by molar-refractivity contribution is 9.10. The van der Waals surface area contributed by atoms with Crippen LogP contribution in [-0.4, -0.2) is 4.57 Å². The third-order valence-corrected chi connectivity index (χ3v) is 4.05. The van der Waals surface area contributed by atoms with Gasteiger partial charge in [0.15, 0.2) is 0 Å². The van der Waals surface area contributed by atoms with Gasteiger partial charge < -0.3 is 9.30 Å². The summed E-state index contributed by atoms with van der Waals surface area (Å²) in [4.78, 5) is 12.4. The van der Waals surface area contributed by atoms with Gasteiger partial charge in [0.25, 0.3) is 5.56 Å². The Bertz CT molecular complexity index is 804. The Hall–Kier alpha value is -2.33. The van der Waals surface area contributed by atoms with Crippen LogP contribution >= 0.6 is 15.9 Å². The first-order valence-corrected chi connectivity index (χ1v) is 8.44. The van der Waals surface area contributed by atoms with E-state index in [4.69, 9.17) is 4.74 Å². The van der Waals surface area contributed by atoms with Gasteiger partial charge in [0, 0.05) is 6.20 Å². The summed E-state index contributed by atoms with van der Waals surface area (Å²) in [6.07, 6.45) is 9.37. The molecule has 0 aliphatic carbocycles. The third kappa shape index (κ3) is 5.10.